The zero-order valence-electron chi connectivity index (χ0n) is 10.8. The standard InChI is InChI=1S/C6H12N2O2.C5H5ClN2O/c1-5-4-8(6(9)10)3-2-7-5;1-8-5(9)3-2-4(6)7-8/h5,7H,2-4H2,1H3,(H,9,10);2-3H,1H3. The Kier molecular flexibility index (Phi) is 5.78. The number of amides is 1. The van der Waals surface area contributed by atoms with Crippen LogP contribution in [-0.4, -0.2) is 51.6 Å². The van der Waals surface area contributed by atoms with E-state index in [9.17, 15) is 9.59 Å². The molecule has 0 spiro atoms. The van der Waals surface area contributed by atoms with E-state index >= 15 is 0 Å². The lowest BCUT2D eigenvalue weighted by Gasteiger charge is -2.29. The van der Waals surface area contributed by atoms with Gasteiger partial charge >= 0.3 is 6.09 Å². The Balaban J connectivity index is 0.000000191. The van der Waals surface area contributed by atoms with Crippen molar-refractivity contribution < 1.29 is 9.90 Å². The Hall–Kier alpha value is -1.60. The van der Waals surface area contributed by atoms with E-state index in [1.165, 1.54) is 21.7 Å². The van der Waals surface area contributed by atoms with E-state index in [1.54, 1.807) is 7.05 Å². The Morgan fingerprint density at radius 1 is 1.58 bits per heavy atom. The van der Waals surface area contributed by atoms with Gasteiger partial charge in [-0.3, -0.25) is 4.79 Å². The SMILES string of the molecule is CC1CN(C(=O)O)CCN1.Cn1nc(Cl)ccc1=O. The zero-order chi connectivity index (χ0) is 14.4. The second-order valence-electron chi connectivity index (χ2n) is 4.20. The fraction of sp³-hybridized carbons (Fsp3) is 0.545. The van der Waals surface area contributed by atoms with Crippen LogP contribution in [0.1, 0.15) is 6.92 Å². The fourth-order valence-electron chi connectivity index (χ4n) is 1.58. The predicted molar refractivity (Wildman–Crippen MR) is 71.6 cm³/mol. The van der Waals surface area contributed by atoms with Gasteiger partial charge < -0.3 is 15.3 Å². The monoisotopic (exact) mass is 288 g/mol. The second-order valence-corrected chi connectivity index (χ2v) is 4.59. The van der Waals surface area contributed by atoms with Gasteiger partial charge in [-0.25, -0.2) is 9.48 Å². The fourth-order valence-corrected chi connectivity index (χ4v) is 1.76. The van der Waals surface area contributed by atoms with Crippen LogP contribution < -0.4 is 10.9 Å². The highest BCUT2D eigenvalue weighted by Gasteiger charge is 2.18. The van der Waals surface area contributed by atoms with Crippen LogP contribution in [0, 0.1) is 0 Å². The number of carboxylic acid groups (broad SMARTS) is 1. The first-order valence-corrected chi connectivity index (χ1v) is 6.19. The van der Waals surface area contributed by atoms with E-state index in [1.807, 2.05) is 6.92 Å². The van der Waals surface area contributed by atoms with Crippen LogP contribution in [0.5, 0.6) is 0 Å². The van der Waals surface area contributed by atoms with Gasteiger partial charge in [0.05, 0.1) is 0 Å². The van der Waals surface area contributed by atoms with Crippen LogP contribution >= 0.6 is 11.6 Å². The molecule has 19 heavy (non-hydrogen) atoms. The lowest BCUT2D eigenvalue weighted by Crippen LogP contribution is -2.50. The van der Waals surface area contributed by atoms with Crippen LogP contribution in [0.25, 0.3) is 0 Å². The van der Waals surface area contributed by atoms with Gasteiger partial charge in [-0.2, -0.15) is 5.10 Å². The minimum absolute atomic E-state index is 0.153. The smallest absolute Gasteiger partial charge is 0.407 e. The van der Waals surface area contributed by atoms with Gasteiger partial charge in [0, 0.05) is 38.8 Å². The first-order valence-electron chi connectivity index (χ1n) is 5.81. The highest BCUT2D eigenvalue weighted by Crippen LogP contribution is 1.97. The molecule has 1 aliphatic heterocycles. The number of rotatable bonds is 0. The molecule has 2 N–H and O–H groups in total. The maximum atomic E-state index is 10.6. The molecule has 0 saturated carbocycles. The van der Waals surface area contributed by atoms with Crippen molar-refractivity contribution in [2.45, 2.75) is 13.0 Å². The number of halogens is 1. The zero-order valence-corrected chi connectivity index (χ0v) is 11.6. The van der Waals surface area contributed by atoms with Gasteiger partial charge in [-0.1, -0.05) is 11.6 Å². The topological polar surface area (TPSA) is 87.5 Å². The van der Waals surface area contributed by atoms with Crippen LogP contribution in [0.4, 0.5) is 4.79 Å². The van der Waals surface area contributed by atoms with Crippen molar-refractivity contribution in [1.82, 2.24) is 20.0 Å². The van der Waals surface area contributed by atoms with Crippen LogP contribution in [-0.2, 0) is 7.05 Å². The molecule has 1 fully saturated rings. The van der Waals surface area contributed by atoms with E-state index in [-0.39, 0.29) is 5.56 Å². The molecule has 2 heterocycles. The third-order valence-corrected chi connectivity index (χ3v) is 2.77. The maximum Gasteiger partial charge on any atom is 0.407 e. The molecule has 7 nitrogen and oxygen atoms in total. The van der Waals surface area contributed by atoms with Crippen molar-refractivity contribution in [3.8, 4) is 0 Å². The van der Waals surface area contributed by atoms with Gasteiger partial charge in [-0.15, -0.1) is 0 Å². The number of hydrogen-bond acceptors (Lipinski definition) is 4. The molecule has 2 rings (SSSR count). The molecular weight excluding hydrogens is 272 g/mol. The summed E-state index contributed by atoms with van der Waals surface area (Å²) >= 11 is 5.45. The minimum atomic E-state index is -0.812. The average Bonchev–Trinajstić information content (AvgIpc) is 2.35. The number of hydrogen-bond donors (Lipinski definition) is 2. The number of piperazine rings is 1. The van der Waals surface area contributed by atoms with Crippen molar-refractivity contribution in [3.05, 3.63) is 27.6 Å². The van der Waals surface area contributed by atoms with Gasteiger partial charge in [0.2, 0.25) is 0 Å². The van der Waals surface area contributed by atoms with Crippen LogP contribution in [0.2, 0.25) is 5.15 Å². The van der Waals surface area contributed by atoms with E-state index in [0.717, 1.165) is 6.54 Å². The molecule has 0 aliphatic carbocycles. The molecular formula is C11H17ClN4O3. The first-order chi connectivity index (χ1) is 8.90. The molecule has 0 radical (unpaired) electrons. The number of carbonyl (C=O) groups is 1. The molecule has 8 heteroatoms. The van der Waals surface area contributed by atoms with Crippen molar-refractivity contribution in [3.63, 3.8) is 0 Å². The van der Waals surface area contributed by atoms with Crippen molar-refractivity contribution in [1.29, 1.82) is 0 Å². The van der Waals surface area contributed by atoms with E-state index in [4.69, 9.17) is 16.7 Å². The summed E-state index contributed by atoms with van der Waals surface area (Å²) in [4.78, 5) is 22.4. The molecule has 1 aliphatic rings. The summed E-state index contributed by atoms with van der Waals surface area (Å²) in [5, 5.41) is 15.7. The maximum absolute atomic E-state index is 10.6. The lowest BCUT2D eigenvalue weighted by molar-refractivity contribution is 0.130. The molecule has 1 atom stereocenters. The quantitative estimate of drug-likeness (QED) is 0.721. The van der Waals surface area contributed by atoms with Crippen LogP contribution in [0.15, 0.2) is 16.9 Å². The van der Waals surface area contributed by atoms with Gasteiger partial charge in [0.1, 0.15) is 5.15 Å². The van der Waals surface area contributed by atoms with Crippen molar-refractivity contribution in [2.24, 2.45) is 7.05 Å². The van der Waals surface area contributed by atoms with Crippen molar-refractivity contribution >= 4 is 17.7 Å². The molecule has 1 aromatic heterocycles. The summed E-state index contributed by atoms with van der Waals surface area (Å²) in [5.74, 6) is 0. The van der Waals surface area contributed by atoms with Crippen molar-refractivity contribution in [2.75, 3.05) is 19.6 Å². The molecule has 1 saturated heterocycles. The average molecular weight is 289 g/mol. The molecule has 1 unspecified atom stereocenters. The highest BCUT2D eigenvalue weighted by molar-refractivity contribution is 6.29. The number of aromatic nitrogens is 2. The second kappa shape index (κ2) is 7.10. The third kappa shape index (κ3) is 5.27. The Morgan fingerprint density at radius 3 is 2.68 bits per heavy atom. The predicted octanol–water partition coefficient (Wildman–Crippen LogP) is 0.392. The summed E-state index contributed by atoms with van der Waals surface area (Å²) in [6, 6.07) is 3.13. The van der Waals surface area contributed by atoms with E-state index in [2.05, 4.69) is 10.4 Å². The minimum Gasteiger partial charge on any atom is -0.465 e. The number of nitrogens with one attached hydrogen (secondary N) is 1. The summed E-state index contributed by atoms with van der Waals surface area (Å²) in [7, 11) is 1.55. The lowest BCUT2D eigenvalue weighted by atomic mass is 10.2. The van der Waals surface area contributed by atoms with Gasteiger partial charge in [0.15, 0.2) is 0 Å². The molecule has 106 valence electrons. The van der Waals surface area contributed by atoms with Gasteiger partial charge in [0.25, 0.3) is 5.56 Å². The normalized spacial score (nSPS) is 18.5. The molecule has 0 aromatic carbocycles. The first kappa shape index (κ1) is 15.5. The van der Waals surface area contributed by atoms with Crippen LogP contribution in [0.3, 0.4) is 0 Å². The summed E-state index contributed by atoms with van der Waals surface area (Å²) in [6.45, 7) is 3.97. The largest absolute Gasteiger partial charge is 0.465 e. The third-order valence-electron chi connectivity index (χ3n) is 2.57. The summed E-state index contributed by atoms with van der Waals surface area (Å²) in [5.41, 5.74) is -0.153. The van der Waals surface area contributed by atoms with E-state index in [0.29, 0.717) is 24.3 Å². The summed E-state index contributed by atoms with van der Waals surface area (Å²) in [6.07, 6.45) is -0.812. The number of nitrogens with zero attached hydrogens (tertiary/aromatic N) is 3. The summed E-state index contributed by atoms with van der Waals surface area (Å²) < 4.78 is 1.18. The Labute approximate surface area is 115 Å². The number of aryl methyl sites for hydroxylation is 1. The molecule has 0 bridgehead atoms. The molecule has 1 amide bonds. The Bertz CT molecular complexity index is 491. The highest BCUT2D eigenvalue weighted by atomic mass is 35.5. The van der Waals surface area contributed by atoms with E-state index < -0.39 is 6.09 Å². The Morgan fingerprint density at radius 2 is 2.26 bits per heavy atom. The van der Waals surface area contributed by atoms with Gasteiger partial charge in [-0.05, 0) is 13.0 Å². The molecule has 1 aromatic rings.